The molecule has 0 N–H and O–H groups in total. The number of thioether (sulfide) groups is 1. The van der Waals surface area contributed by atoms with Crippen molar-refractivity contribution in [2.24, 2.45) is 0 Å². The van der Waals surface area contributed by atoms with Gasteiger partial charge in [-0.05, 0) is 56.1 Å². The first-order valence-electron chi connectivity index (χ1n) is 10.0. The average Bonchev–Trinajstić information content (AvgIpc) is 3.04. The van der Waals surface area contributed by atoms with Crippen LogP contribution in [0.1, 0.15) is 59.9 Å². The van der Waals surface area contributed by atoms with E-state index < -0.39 is 5.97 Å². The van der Waals surface area contributed by atoms with Gasteiger partial charge in [0.1, 0.15) is 11.6 Å². The Bertz CT molecular complexity index is 934. The van der Waals surface area contributed by atoms with E-state index in [2.05, 4.69) is 43.3 Å². The molecule has 0 aliphatic carbocycles. The van der Waals surface area contributed by atoms with Crippen LogP contribution >= 0.6 is 11.8 Å². The first-order valence-corrected chi connectivity index (χ1v) is 11.0. The van der Waals surface area contributed by atoms with Crippen LogP contribution in [-0.4, -0.2) is 11.7 Å². The largest absolute Gasteiger partial charge is 1.00 e. The number of rotatable bonds is 10. The molecule has 0 saturated carbocycles. The summed E-state index contributed by atoms with van der Waals surface area (Å²) in [7, 11) is 0. The molecule has 3 nitrogen and oxygen atoms in total. The summed E-state index contributed by atoms with van der Waals surface area (Å²) >= 11 is 1.85. The molecule has 0 aliphatic heterocycles. The summed E-state index contributed by atoms with van der Waals surface area (Å²) < 4.78 is 5.70. The number of fused-ring (bicyclic) bond motifs is 1. The Hall–Kier alpha value is -1.20. The van der Waals surface area contributed by atoms with Crippen molar-refractivity contribution in [2.45, 2.75) is 57.3 Å². The number of carbonyl (C=O) groups is 1. The number of benzene rings is 2. The van der Waals surface area contributed by atoms with E-state index in [1.54, 1.807) is 6.92 Å². The molecule has 5 heteroatoms. The van der Waals surface area contributed by atoms with E-state index in [1.165, 1.54) is 29.7 Å². The first kappa shape index (κ1) is 24.1. The number of hydrogen-bond acceptors (Lipinski definition) is 4. The number of carboxylic acid groups (broad SMARTS) is 1. The average molecular weight is 419 g/mol. The van der Waals surface area contributed by atoms with E-state index in [-0.39, 0.29) is 35.3 Å². The van der Waals surface area contributed by atoms with Gasteiger partial charge in [0.2, 0.25) is 0 Å². The quantitative estimate of drug-likeness (QED) is 0.289. The molecule has 0 spiro atoms. The Labute approximate surface area is 199 Å². The van der Waals surface area contributed by atoms with Crippen LogP contribution in [0, 0.1) is 6.92 Å². The predicted molar refractivity (Wildman–Crippen MR) is 114 cm³/mol. The van der Waals surface area contributed by atoms with Crippen molar-refractivity contribution in [2.75, 3.05) is 5.75 Å². The molecule has 2 aromatic carbocycles. The molecular formula is C24H27NaO3S. The number of unbranched alkanes of at least 4 members (excludes halogenated alkanes) is 2. The normalized spacial score (nSPS) is 10.8. The molecule has 1 heterocycles. The summed E-state index contributed by atoms with van der Waals surface area (Å²) in [5.41, 5.74) is 3.91. The fraction of sp³-hybridized carbons (Fsp3) is 0.375. The molecule has 148 valence electrons. The van der Waals surface area contributed by atoms with Crippen molar-refractivity contribution < 1.29 is 43.9 Å². The SMILES string of the molecule is CCCc1c(SCCCCCc2ccccc2)ccc2c(C)c(C(=O)[O-])oc12.[Na+]. The third-order valence-corrected chi connectivity index (χ3v) is 6.25. The third-order valence-electron chi connectivity index (χ3n) is 5.06. The number of hydrogen-bond donors (Lipinski definition) is 0. The molecule has 0 atom stereocenters. The molecule has 0 unspecified atom stereocenters. The number of aromatic carboxylic acids is 1. The second-order valence-corrected chi connectivity index (χ2v) is 8.29. The smallest absolute Gasteiger partial charge is 0.542 e. The molecule has 0 bridgehead atoms. The Morgan fingerprint density at radius 2 is 1.79 bits per heavy atom. The van der Waals surface area contributed by atoms with Gasteiger partial charge in [0, 0.05) is 21.4 Å². The van der Waals surface area contributed by atoms with Crippen LogP contribution in [0.25, 0.3) is 11.0 Å². The van der Waals surface area contributed by atoms with Gasteiger partial charge in [-0.2, -0.15) is 0 Å². The van der Waals surface area contributed by atoms with Crippen LogP contribution < -0.4 is 34.7 Å². The second kappa shape index (κ2) is 11.8. The maximum atomic E-state index is 11.3. The summed E-state index contributed by atoms with van der Waals surface area (Å²) in [6.45, 7) is 3.92. The van der Waals surface area contributed by atoms with Gasteiger partial charge in [-0.3, -0.25) is 0 Å². The van der Waals surface area contributed by atoms with Crippen molar-refractivity contribution in [3.63, 3.8) is 0 Å². The van der Waals surface area contributed by atoms with Crippen molar-refractivity contribution >= 4 is 28.7 Å². The minimum absolute atomic E-state index is 0. The third kappa shape index (κ3) is 6.14. The minimum atomic E-state index is -1.25. The van der Waals surface area contributed by atoms with Gasteiger partial charge < -0.3 is 14.3 Å². The Morgan fingerprint density at radius 1 is 1.03 bits per heavy atom. The van der Waals surface area contributed by atoms with E-state index in [9.17, 15) is 9.90 Å². The van der Waals surface area contributed by atoms with E-state index in [0.29, 0.717) is 11.1 Å². The van der Waals surface area contributed by atoms with E-state index >= 15 is 0 Å². The van der Waals surface area contributed by atoms with Crippen molar-refractivity contribution in [3.8, 4) is 0 Å². The molecule has 0 aliphatic rings. The first-order chi connectivity index (χ1) is 13.6. The zero-order valence-corrected chi connectivity index (χ0v) is 20.4. The molecule has 29 heavy (non-hydrogen) atoms. The standard InChI is InChI=1S/C24H28O3S.Na/c1-3-10-20-21(15-14-19-17(2)22(24(25)26)27-23(19)20)28-16-9-5-8-13-18-11-6-4-7-12-18;/h4,6-7,11-12,14-15H,3,5,8-10,13,16H2,1-2H3,(H,25,26);/q;+1/p-1. The van der Waals surface area contributed by atoms with Crippen LogP contribution in [0.3, 0.4) is 0 Å². The maximum Gasteiger partial charge on any atom is 1.00 e. The fourth-order valence-electron chi connectivity index (χ4n) is 3.57. The van der Waals surface area contributed by atoms with Gasteiger partial charge >= 0.3 is 29.6 Å². The number of carbonyl (C=O) groups excluding carboxylic acids is 1. The summed E-state index contributed by atoms with van der Waals surface area (Å²) in [5, 5.41) is 12.2. The van der Waals surface area contributed by atoms with Gasteiger partial charge in [0.25, 0.3) is 0 Å². The van der Waals surface area contributed by atoms with Crippen LogP contribution in [-0.2, 0) is 12.8 Å². The second-order valence-electron chi connectivity index (χ2n) is 7.16. The molecule has 0 saturated heterocycles. The minimum Gasteiger partial charge on any atom is -0.542 e. The van der Waals surface area contributed by atoms with Crippen molar-refractivity contribution in [3.05, 3.63) is 64.9 Å². The van der Waals surface area contributed by atoms with Crippen LogP contribution in [0.4, 0.5) is 0 Å². The zero-order valence-electron chi connectivity index (χ0n) is 17.6. The van der Waals surface area contributed by atoms with Crippen molar-refractivity contribution in [1.29, 1.82) is 0 Å². The Kier molecular flexibility index (Phi) is 9.84. The van der Waals surface area contributed by atoms with E-state index in [1.807, 2.05) is 17.8 Å². The predicted octanol–water partition coefficient (Wildman–Crippen LogP) is 2.57. The molecule has 1 aromatic heterocycles. The number of aryl methyl sites for hydroxylation is 3. The number of furan rings is 1. The van der Waals surface area contributed by atoms with Gasteiger partial charge in [-0.1, -0.05) is 50.1 Å². The molecule has 3 aromatic rings. The molecule has 0 radical (unpaired) electrons. The molecule has 3 rings (SSSR count). The summed E-state index contributed by atoms with van der Waals surface area (Å²) in [6.07, 6.45) is 6.59. The molecular weight excluding hydrogens is 391 g/mol. The van der Waals surface area contributed by atoms with Gasteiger partial charge in [0.05, 0.1) is 0 Å². The van der Waals surface area contributed by atoms with Crippen molar-refractivity contribution in [1.82, 2.24) is 0 Å². The van der Waals surface area contributed by atoms with E-state index in [0.717, 1.165) is 36.0 Å². The summed E-state index contributed by atoms with van der Waals surface area (Å²) in [5.74, 6) is -0.233. The van der Waals surface area contributed by atoms with Crippen LogP contribution in [0.2, 0.25) is 0 Å². The van der Waals surface area contributed by atoms with Crippen LogP contribution in [0.15, 0.2) is 51.8 Å². The zero-order chi connectivity index (χ0) is 19.9. The van der Waals surface area contributed by atoms with E-state index in [4.69, 9.17) is 4.42 Å². The van der Waals surface area contributed by atoms with Gasteiger partial charge in [0.15, 0.2) is 5.76 Å². The maximum absolute atomic E-state index is 11.3. The molecule has 0 amide bonds. The molecule has 0 fully saturated rings. The van der Waals surface area contributed by atoms with Gasteiger partial charge in [-0.25, -0.2) is 0 Å². The Balaban J connectivity index is 0.00000300. The van der Waals surface area contributed by atoms with Crippen LogP contribution in [0.5, 0.6) is 0 Å². The fourth-order valence-corrected chi connectivity index (χ4v) is 4.68. The monoisotopic (exact) mass is 418 g/mol. The Morgan fingerprint density at radius 3 is 2.48 bits per heavy atom. The topological polar surface area (TPSA) is 53.3 Å². The summed E-state index contributed by atoms with van der Waals surface area (Å²) in [6, 6.07) is 14.7. The summed E-state index contributed by atoms with van der Waals surface area (Å²) in [4.78, 5) is 12.5. The van der Waals surface area contributed by atoms with Gasteiger partial charge in [-0.15, -0.1) is 11.8 Å². The number of carboxylic acids is 1.